The average molecular weight is 261 g/mol. The van der Waals surface area contributed by atoms with Crippen LogP contribution < -0.4 is 10.6 Å². The normalized spacial score (nSPS) is 22.8. The molecule has 1 aromatic heterocycles. The number of amides is 1. The van der Waals surface area contributed by atoms with Gasteiger partial charge in [-0.15, -0.1) is 0 Å². The number of aromatic nitrogens is 1. The van der Waals surface area contributed by atoms with E-state index < -0.39 is 0 Å². The highest BCUT2D eigenvalue weighted by atomic mass is 16.1. The Bertz CT molecular complexity index is 433. The van der Waals surface area contributed by atoms with Gasteiger partial charge in [0.1, 0.15) is 0 Å². The van der Waals surface area contributed by atoms with Crippen LogP contribution in [0.1, 0.15) is 49.9 Å². The molecule has 0 radical (unpaired) electrons. The number of rotatable bonds is 4. The fraction of sp³-hybridized carbons (Fsp3) is 0.600. The van der Waals surface area contributed by atoms with E-state index in [1.54, 1.807) is 12.4 Å². The van der Waals surface area contributed by atoms with Crippen LogP contribution >= 0.6 is 0 Å². The molecule has 0 aromatic carbocycles. The van der Waals surface area contributed by atoms with E-state index in [2.05, 4.69) is 22.5 Å². The molecular weight excluding hydrogens is 238 g/mol. The molecule has 2 rings (SSSR count). The topological polar surface area (TPSA) is 54.0 Å². The molecule has 19 heavy (non-hydrogen) atoms. The number of anilines is 1. The molecule has 0 aliphatic heterocycles. The lowest BCUT2D eigenvalue weighted by molar-refractivity contribution is 0.0911. The fourth-order valence-corrected chi connectivity index (χ4v) is 2.70. The second-order valence-corrected chi connectivity index (χ2v) is 5.29. The van der Waals surface area contributed by atoms with Crippen LogP contribution in [0, 0.1) is 5.92 Å². The van der Waals surface area contributed by atoms with Crippen molar-refractivity contribution in [2.24, 2.45) is 5.92 Å². The zero-order valence-electron chi connectivity index (χ0n) is 11.8. The number of pyridine rings is 1. The van der Waals surface area contributed by atoms with Gasteiger partial charge in [-0.1, -0.05) is 19.8 Å². The van der Waals surface area contributed by atoms with Crippen LogP contribution in [0.5, 0.6) is 0 Å². The summed E-state index contributed by atoms with van der Waals surface area (Å²) in [6.45, 7) is 5.04. The first-order valence-electron chi connectivity index (χ1n) is 7.21. The van der Waals surface area contributed by atoms with Crippen molar-refractivity contribution in [2.45, 2.75) is 45.6 Å². The van der Waals surface area contributed by atoms with Crippen LogP contribution in [-0.4, -0.2) is 23.5 Å². The molecule has 4 heteroatoms. The second kappa shape index (κ2) is 6.55. The van der Waals surface area contributed by atoms with E-state index in [9.17, 15) is 4.79 Å². The molecule has 2 N–H and O–H groups in total. The summed E-state index contributed by atoms with van der Waals surface area (Å²) >= 11 is 0. The Morgan fingerprint density at radius 3 is 2.95 bits per heavy atom. The van der Waals surface area contributed by atoms with Crippen molar-refractivity contribution in [3.05, 3.63) is 24.0 Å². The minimum Gasteiger partial charge on any atom is -0.385 e. The number of hydrogen-bond acceptors (Lipinski definition) is 3. The average Bonchev–Trinajstić information content (AvgIpc) is 2.42. The maximum atomic E-state index is 12.4. The van der Waals surface area contributed by atoms with Crippen LogP contribution in [-0.2, 0) is 0 Å². The van der Waals surface area contributed by atoms with Gasteiger partial charge in [0.2, 0.25) is 0 Å². The van der Waals surface area contributed by atoms with Crippen LogP contribution in [0.2, 0.25) is 0 Å². The van der Waals surface area contributed by atoms with Crippen molar-refractivity contribution >= 4 is 11.6 Å². The Morgan fingerprint density at radius 1 is 1.42 bits per heavy atom. The molecule has 1 amide bonds. The summed E-state index contributed by atoms with van der Waals surface area (Å²) in [5.74, 6) is 0.555. The van der Waals surface area contributed by atoms with E-state index in [0.29, 0.717) is 17.5 Å². The minimum absolute atomic E-state index is 0.0113. The maximum Gasteiger partial charge on any atom is 0.255 e. The van der Waals surface area contributed by atoms with E-state index in [4.69, 9.17) is 0 Å². The van der Waals surface area contributed by atoms with Gasteiger partial charge in [0.25, 0.3) is 5.91 Å². The Kier molecular flexibility index (Phi) is 4.77. The monoisotopic (exact) mass is 261 g/mol. The molecule has 1 saturated carbocycles. The number of carbonyl (C=O) groups is 1. The molecule has 1 aliphatic carbocycles. The van der Waals surface area contributed by atoms with Gasteiger partial charge >= 0.3 is 0 Å². The van der Waals surface area contributed by atoms with Crippen LogP contribution in [0.3, 0.4) is 0 Å². The molecule has 2 atom stereocenters. The fourth-order valence-electron chi connectivity index (χ4n) is 2.70. The number of hydrogen-bond donors (Lipinski definition) is 2. The van der Waals surface area contributed by atoms with Gasteiger partial charge in [-0.3, -0.25) is 9.78 Å². The van der Waals surface area contributed by atoms with Gasteiger partial charge in [-0.05, 0) is 31.7 Å². The van der Waals surface area contributed by atoms with Crippen molar-refractivity contribution in [3.63, 3.8) is 0 Å². The third-order valence-electron chi connectivity index (χ3n) is 3.86. The highest BCUT2D eigenvalue weighted by Gasteiger charge is 2.24. The van der Waals surface area contributed by atoms with E-state index in [0.717, 1.165) is 18.7 Å². The Hall–Kier alpha value is -1.58. The van der Waals surface area contributed by atoms with Gasteiger partial charge in [-0.2, -0.15) is 0 Å². The molecule has 104 valence electrons. The van der Waals surface area contributed by atoms with Crippen LogP contribution in [0.15, 0.2) is 18.5 Å². The molecule has 4 nitrogen and oxygen atoms in total. The summed E-state index contributed by atoms with van der Waals surface area (Å²) in [7, 11) is 0. The third kappa shape index (κ3) is 3.46. The maximum absolute atomic E-state index is 12.4. The zero-order chi connectivity index (χ0) is 13.7. The van der Waals surface area contributed by atoms with Gasteiger partial charge in [0.05, 0.1) is 11.3 Å². The van der Waals surface area contributed by atoms with E-state index in [1.807, 2.05) is 13.0 Å². The Labute approximate surface area is 115 Å². The quantitative estimate of drug-likeness (QED) is 0.876. The molecule has 0 spiro atoms. The van der Waals surface area contributed by atoms with Crippen molar-refractivity contribution < 1.29 is 4.79 Å². The van der Waals surface area contributed by atoms with Crippen molar-refractivity contribution in [3.8, 4) is 0 Å². The van der Waals surface area contributed by atoms with Gasteiger partial charge in [0.15, 0.2) is 0 Å². The molecule has 1 heterocycles. The first-order chi connectivity index (χ1) is 9.22. The summed E-state index contributed by atoms with van der Waals surface area (Å²) in [5, 5.41) is 6.37. The highest BCUT2D eigenvalue weighted by molar-refractivity contribution is 5.99. The van der Waals surface area contributed by atoms with Crippen molar-refractivity contribution in [1.29, 1.82) is 0 Å². The molecular formula is C15H23N3O. The standard InChI is InChI=1S/C15H23N3O/c1-3-17-14-8-9-16-10-12(14)15(19)18-13-7-5-4-6-11(13)2/h8-11,13H,3-7H2,1-2H3,(H,16,17)(H,18,19). The Balaban J connectivity index is 2.06. The molecule has 1 fully saturated rings. The van der Waals surface area contributed by atoms with E-state index in [1.165, 1.54) is 19.3 Å². The minimum atomic E-state index is -0.0113. The molecule has 1 aromatic rings. The van der Waals surface area contributed by atoms with E-state index in [-0.39, 0.29) is 5.91 Å². The number of nitrogens with zero attached hydrogens (tertiary/aromatic N) is 1. The van der Waals surface area contributed by atoms with Crippen LogP contribution in [0.4, 0.5) is 5.69 Å². The lowest BCUT2D eigenvalue weighted by Gasteiger charge is -2.29. The Morgan fingerprint density at radius 2 is 2.21 bits per heavy atom. The van der Waals surface area contributed by atoms with Gasteiger partial charge in [-0.25, -0.2) is 0 Å². The third-order valence-corrected chi connectivity index (χ3v) is 3.86. The van der Waals surface area contributed by atoms with Gasteiger partial charge in [0, 0.05) is 25.0 Å². The van der Waals surface area contributed by atoms with Crippen molar-refractivity contribution in [2.75, 3.05) is 11.9 Å². The van der Waals surface area contributed by atoms with Gasteiger partial charge < -0.3 is 10.6 Å². The van der Waals surface area contributed by atoms with E-state index >= 15 is 0 Å². The molecule has 0 saturated heterocycles. The summed E-state index contributed by atoms with van der Waals surface area (Å²) in [6.07, 6.45) is 8.13. The predicted molar refractivity (Wildman–Crippen MR) is 77.3 cm³/mol. The first kappa shape index (κ1) is 13.8. The first-order valence-corrected chi connectivity index (χ1v) is 7.21. The molecule has 1 aliphatic rings. The summed E-state index contributed by atoms with van der Waals surface area (Å²) in [4.78, 5) is 16.4. The smallest absolute Gasteiger partial charge is 0.255 e. The summed E-state index contributed by atoms with van der Waals surface area (Å²) in [6, 6.07) is 2.15. The number of carbonyl (C=O) groups excluding carboxylic acids is 1. The second-order valence-electron chi connectivity index (χ2n) is 5.29. The predicted octanol–water partition coefficient (Wildman–Crippen LogP) is 2.82. The molecule has 0 bridgehead atoms. The van der Waals surface area contributed by atoms with Crippen LogP contribution in [0.25, 0.3) is 0 Å². The SMILES string of the molecule is CCNc1ccncc1C(=O)NC1CCCCC1C. The zero-order valence-corrected chi connectivity index (χ0v) is 11.8. The summed E-state index contributed by atoms with van der Waals surface area (Å²) < 4.78 is 0. The van der Waals surface area contributed by atoms with Crippen molar-refractivity contribution in [1.82, 2.24) is 10.3 Å². The molecule has 2 unspecified atom stereocenters. The summed E-state index contributed by atoms with van der Waals surface area (Å²) in [5.41, 5.74) is 1.50. The lowest BCUT2D eigenvalue weighted by Crippen LogP contribution is -2.41. The largest absolute Gasteiger partial charge is 0.385 e. The highest BCUT2D eigenvalue weighted by Crippen LogP contribution is 2.24. The lowest BCUT2D eigenvalue weighted by atomic mass is 9.86. The number of nitrogens with one attached hydrogen (secondary N) is 2.